The minimum atomic E-state index is -2.17. The summed E-state index contributed by atoms with van der Waals surface area (Å²) < 4.78 is 0. The zero-order valence-electron chi connectivity index (χ0n) is 23.0. The summed E-state index contributed by atoms with van der Waals surface area (Å²) in [5.74, 6) is 0. The first-order valence-corrected chi connectivity index (χ1v) is 9.30. The monoisotopic (exact) mass is 760 g/mol. The molecule has 0 aromatic heterocycles. The van der Waals surface area contributed by atoms with Gasteiger partial charge in [0.05, 0.1) is 0 Å². The van der Waals surface area contributed by atoms with E-state index in [1.807, 2.05) is 0 Å². The zero-order chi connectivity index (χ0) is 42.9. The van der Waals surface area contributed by atoms with Crippen LogP contribution in [0.25, 0.3) is 0 Å². The second-order valence-electron chi connectivity index (χ2n) is 4.16. The van der Waals surface area contributed by atoms with Crippen molar-refractivity contribution in [3.63, 3.8) is 0 Å². The van der Waals surface area contributed by atoms with Gasteiger partial charge in [0.1, 0.15) is 0 Å². The van der Waals surface area contributed by atoms with E-state index in [0.717, 1.165) is 0 Å². The molecule has 0 bridgehead atoms. The Balaban J connectivity index is -0.0000000235. The number of hydrogen-bond acceptors (Lipinski definition) is 36. The molecule has 0 spiro atoms. The molecule has 0 aliphatic carbocycles. The van der Waals surface area contributed by atoms with Crippen molar-refractivity contribution < 1.29 is 181 Å². The van der Waals surface area contributed by atoms with Crippen molar-refractivity contribution in [3.8, 4) is 0 Å². The van der Waals surface area contributed by atoms with Crippen LogP contribution in [0, 0.1) is 0 Å². The molecular formula is H38B12Li2O36. The second kappa shape index (κ2) is 87.4. The van der Waals surface area contributed by atoms with Crippen molar-refractivity contribution in [3.05, 3.63) is 0 Å². The third kappa shape index (κ3) is 385000. The fourth-order valence-electron chi connectivity index (χ4n) is 0. The van der Waals surface area contributed by atoms with Crippen LogP contribution < -0.4 is 0 Å². The molecule has 36 nitrogen and oxygen atoms in total. The molecule has 0 atom stereocenters. The van der Waals surface area contributed by atoms with E-state index in [0.29, 0.717) is 0 Å². The van der Waals surface area contributed by atoms with Crippen molar-refractivity contribution in [1.82, 2.24) is 0 Å². The van der Waals surface area contributed by atoms with Gasteiger partial charge in [-0.25, -0.2) is 0 Å². The molecule has 50 heavy (non-hydrogen) atoms. The summed E-state index contributed by atoms with van der Waals surface area (Å²) in [6.07, 6.45) is 0. The Morgan fingerprint density at radius 3 is 0.100 bits per heavy atom. The normalized spacial score (nSPS) is 6.48. The average Bonchev–Trinajstić information content (AvgIpc) is 2.61. The first kappa shape index (κ1) is 92.9. The summed E-state index contributed by atoms with van der Waals surface area (Å²) in [5.41, 5.74) is 0. The van der Waals surface area contributed by atoms with Crippen LogP contribution in [0.5, 0.6) is 0 Å². The van der Waals surface area contributed by atoms with E-state index in [-0.39, 0.29) is 37.7 Å². The Kier molecular flexibility index (Phi) is 162. The third-order valence-electron chi connectivity index (χ3n) is 0. The molecule has 0 unspecified atom stereocenters. The Bertz CT molecular complexity index is 237. The van der Waals surface area contributed by atoms with Crippen molar-refractivity contribution in [1.29, 1.82) is 0 Å². The molecule has 0 radical (unpaired) electrons. The fourth-order valence-corrected chi connectivity index (χ4v) is 0. The van der Waals surface area contributed by atoms with Gasteiger partial charge in [0.25, 0.3) is 0 Å². The van der Waals surface area contributed by atoms with Crippen LogP contribution >= 0.6 is 0 Å². The maximum atomic E-state index is 7.17. The first-order chi connectivity index (χ1) is 20.8. The Labute approximate surface area is 306 Å². The van der Waals surface area contributed by atoms with Crippen LogP contribution in [0.3, 0.4) is 0 Å². The third-order valence-corrected chi connectivity index (χ3v) is 0. The van der Waals surface area contributed by atoms with E-state index < -0.39 is 87.9 Å². The van der Waals surface area contributed by atoms with E-state index in [1.54, 1.807) is 0 Å². The van der Waals surface area contributed by atoms with E-state index in [2.05, 4.69) is 0 Å². The van der Waals surface area contributed by atoms with Gasteiger partial charge >= 0.3 is 126 Å². The van der Waals surface area contributed by atoms with Gasteiger partial charge < -0.3 is 181 Å². The molecule has 0 aromatic carbocycles. The molecule has 0 amide bonds. The van der Waals surface area contributed by atoms with E-state index >= 15 is 0 Å². The summed E-state index contributed by atoms with van der Waals surface area (Å²) in [6, 6.07) is 0. The van der Waals surface area contributed by atoms with Gasteiger partial charge in [-0.05, 0) is 0 Å². The van der Waals surface area contributed by atoms with Gasteiger partial charge in [-0.1, -0.05) is 0 Å². The standard InChI is InChI=1S/12BH3O3.2Li.2H/c12*2-1(3)4;;;;/h12*2-4H;;;;. The second-order valence-corrected chi connectivity index (χ2v) is 4.16. The molecule has 0 saturated carbocycles. The number of hydrogen-bond donors (Lipinski definition) is 36. The van der Waals surface area contributed by atoms with Crippen molar-refractivity contribution in [2.45, 2.75) is 0 Å². The Morgan fingerprint density at radius 1 is 0.100 bits per heavy atom. The summed E-state index contributed by atoms with van der Waals surface area (Å²) in [5, 5.41) is 258. The zero-order valence-corrected chi connectivity index (χ0v) is 23.0. The Hall–Kier alpha value is 0.534. The van der Waals surface area contributed by atoms with E-state index in [1.165, 1.54) is 0 Å². The number of rotatable bonds is 0. The van der Waals surface area contributed by atoms with Gasteiger partial charge in [0, 0.05) is 0 Å². The SMILES string of the molecule is OB(O)O.OB(O)O.OB(O)O.OB(O)O.OB(O)O.OB(O)O.OB(O)O.OB(O)O.OB(O)O.OB(O)O.OB(O)O.OB(O)O.[LiH].[LiH]. The molecule has 0 aliphatic rings. The average molecular weight is 758 g/mol. The molecule has 292 valence electrons. The fraction of sp³-hybridized carbons (Fsp3) is 0. The minimum absolute atomic E-state index is 0. The van der Waals surface area contributed by atoms with Crippen molar-refractivity contribution in [2.24, 2.45) is 0 Å². The summed E-state index contributed by atoms with van der Waals surface area (Å²) in [4.78, 5) is 0. The molecule has 36 N–H and O–H groups in total. The van der Waals surface area contributed by atoms with Gasteiger partial charge in [0.2, 0.25) is 0 Å². The molecule has 0 heterocycles. The quantitative estimate of drug-likeness (QED) is 0.102. The summed E-state index contributed by atoms with van der Waals surface area (Å²) in [6.45, 7) is 0. The molecule has 0 aliphatic heterocycles. The molecule has 0 saturated heterocycles. The van der Waals surface area contributed by atoms with Crippen LogP contribution in [0.4, 0.5) is 0 Å². The molecular weight excluding hydrogens is 720 g/mol. The van der Waals surface area contributed by atoms with Crippen LogP contribution in [-0.4, -0.2) is 306 Å². The summed E-state index contributed by atoms with van der Waals surface area (Å²) in [7, 11) is -26.0. The Morgan fingerprint density at radius 2 is 0.100 bits per heavy atom. The predicted octanol–water partition coefficient (Wildman–Crippen LogP) is -25.9. The van der Waals surface area contributed by atoms with Gasteiger partial charge in [-0.2, -0.15) is 0 Å². The van der Waals surface area contributed by atoms with Crippen molar-refractivity contribution in [2.75, 3.05) is 0 Å². The van der Waals surface area contributed by atoms with Crippen LogP contribution in [0.2, 0.25) is 0 Å². The first-order valence-electron chi connectivity index (χ1n) is 9.30. The van der Waals surface area contributed by atoms with Crippen LogP contribution in [-0.2, 0) is 0 Å². The van der Waals surface area contributed by atoms with Crippen LogP contribution in [0.1, 0.15) is 0 Å². The molecule has 50 heteroatoms. The van der Waals surface area contributed by atoms with Crippen LogP contribution in [0.15, 0.2) is 0 Å². The molecule has 0 fully saturated rings. The van der Waals surface area contributed by atoms with E-state index in [4.69, 9.17) is 181 Å². The van der Waals surface area contributed by atoms with Gasteiger partial charge in [0.15, 0.2) is 0 Å². The maximum absolute atomic E-state index is 7.17. The molecule has 0 aromatic rings. The van der Waals surface area contributed by atoms with E-state index in [9.17, 15) is 0 Å². The summed E-state index contributed by atoms with van der Waals surface area (Å²) >= 11 is 0. The predicted molar refractivity (Wildman–Crippen MR) is 163 cm³/mol. The molecule has 0 rings (SSSR count). The van der Waals surface area contributed by atoms with Gasteiger partial charge in [-0.15, -0.1) is 0 Å². The van der Waals surface area contributed by atoms with Gasteiger partial charge in [-0.3, -0.25) is 0 Å². The van der Waals surface area contributed by atoms with Crippen molar-refractivity contribution >= 4 is 126 Å². The topological polar surface area (TPSA) is 728 Å².